The molecule has 1 aromatic heterocycles. The number of nitrogens with zero attached hydrogens (tertiary/aromatic N) is 1. The van der Waals surface area contributed by atoms with Gasteiger partial charge < -0.3 is 20.7 Å². The Labute approximate surface area is 176 Å². The molecule has 2 aliphatic heterocycles. The van der Waals surface area contributed by atoms with Gasteiger partial charge in [0, 0.05) is 40.1 Å². The number of likely N-dealkylation sites (tertiary alicyclic amines) is 1. The molecule has 1 fully saturated rings. The van der Waals surface area contributed by atoms with E-state index in [1.807, 2.05) is 26.2 Å². The molecule has 2 aliphatic rings. The lowest BCUT2D eigenvalue weighted by atomic mass is 10.1. The largest absolute Gasteiger partial charge is 0.395 e. The van der Waals surface area contributed by atoms with E-state index < -0.39 is 0 Å². The standard InChI is InChI=1S/C22H30N4O2S/c1-22(2,3)25-20(28)19-13-29-21(24-19)14-6-7-18-15(9-14)10-16(23-18)11-26-8-4-5-17(26)12-27/h6-7,9-10,13,17,21,23-24,27H,4-5,8,11-12H2,1-3H3,(H,25,28)/t17-,21?/m1/s1. The summed E-state index contributed by atoms with van der Waals surface area (Å²) in [4.78, 5) is 18.2. The first-order chi connectivity index (χ1) is 13.8. The second-order valence-electron chi connectivity index (χ2n) is 8.99. The second-order valence-corrected chi connectivity index (χ2v) is 9.97. The lowest BCUT2D eigenvalue weighted by molar-refractivity contribution is -0.119. The Morgan fingerprint density at radius 3 is 2.93 bits per heavy atom. The molecule has 0 saturated carbocycles. The predicted octanol–water partition coefficient (Wildman–Crippen LogP) is 3.22. The quantitative estimate of drug-likeness (QED) is 0.604. The number of rotatable bonds is 5. The zero-order valence-corrected chi connectivity index (χ0v) is 18.1. The van der Waals surface area contributed by atoms with Crippen LogP contribution in [0.1, 0.15) is 50.2 Å². The fraction of sp³-hybridized carbons (Fsp3) is 0.500. The van der Waals surface area contributed by atoms with E-state index in [0.29, 0.717) is 5.70 Å². The van der Waals surface area contributed by atoms with E-state index in [1.54, 1.807) is 11.8 Å². The number of aromatic nitrogens is 1. The number of hydrogen-bond acceptors (Lipinski definition) is 5. The first-order valence-electron chi connectivity index (χ1n) is 10.2. The second kappa shape index (κ2) is 8.05. The van der Waals surface area contributed by atoms with E-state index in [2.05, 4.69) is 44.8 Å². The first-order valence-corrected chi connectivity index (χ1v) is 11.2. The number of hydrogen-bond donors (Lipinski definition) is 4. The average molecular weight is 415 g/mol. The van der Waals surface area contributed by atoms with E-state index in [4.69, 9.17) is 0 Å². The molecule has 1 aromatic carbocycles. The molecule has 0 bridgehead atoms. The molecule has 1 amide bonds. The van der Waals surface area contributed by atoms with E-state index in [-0.39, 0.29) is 29.5 Å². The molecule has 156 valence electrons. The molecular formula is C22H30N4O2S. The lowest BCUT2D eigenvalue weighted by Crippen LogP contribution is -2.43. The smallest absolute Gasteiger partial charge is 0.268 e. The van der Waals surface area contributed by atoms with E-state index >= 15 is 0 Å². The van der Waals surface area contributed by atoms with Gasteiger partial charge in [0.1, 0.15) is 11.1 Å². The number of aliphatic hydroxyl groups is 1. The highest BCUT2D eigenvalue weighted by Crippen LogP contribution is 2.35. The third-order valence-corrected chi connectivity index (χ3v) is 6.46. The number of carbonyl (C=O) groups excluding carboxylic acids is 1. The van der Waals surface area contributed by atoms with Gasteiger partial charge in [-0.05, 0) is 63.9 Å². The first kappa shape index (κ1) is 20.3. The summed E-state index contributed by atoms with van der Waals surface area (Å²) in [5.74, 6) is -0.0680. The summed E-state index contributed by atoms with van der Waals surface area (Å²) in [7, 11) is 0. The van der Waals surface area contributed by atoms with Crippen LogP contribution in [0, 0.1) is 0 Å². The Balaban J connectivity index is 1.44. The molecule has 7 heteroatoms. The summed E-state index contributed by atoms with van der Waals surface area (Å²) < 4.78 is 0. The summed E-state index contributed by atoms with van der Waals surface area (Å²) in [6.07, 6.45) is 2.22. The number of aromatic amines is 1. The van der Waals surface area contributed by atoms with Crippen molar-refractivity contribution in [3.8, 4) is 0 Å². The topological polar surface area (TPSA) is 80.4 Å². The monoisotopic (exact) mass is 414 g/mol. The Morgan fingerprint density at radius 1 is 1.34 bits per heavy atom. The van der Waals surface area contributed by atoms with Crippen LogP contribution < -0.4 is 10.6 Å². The number of nitrogens with one attached hydrogen (secondary N) is 3. The molecule has 2 atom stereocenters. The Bertz CT molecular complexity index is 931. The minimum Gasteiger partial charge on any atom is -0.395 e. The van der Waals surface area contributed by atoms with Gasteiger partial charge >= 0.3 is 0 Å². The van der Waals surface area contributed by atoms with Crippen molar-refractivity contribution < 1.29 is 9.90 Å². The number of aliphatic hydroxyl groups excluding tert-OH is 1. The summed E-state index contributed by atoms with van der Waals surface area (Å²) in [5.41, 5.74) is 3.80. The van der Waals surface area contributed by atoms with Gasteiger partial charge in [0.25, 0.3) is 5.91 Å². The van der Waals surface area contributed by atoms with Crippen molar-refractivity contribution >= 4 is 28.6 Å². The third-order valence-electron chi connectivity index (χ3n) is 5.43. The van der Waals surface area contributed by atoms with E-state index in [1.165, 1.54) is 11.1 Å². The predicted molar refractivity (Wildman–Crippen MR) is 118 cm³/mol. The highest BCUT2D eigenvalue weighted by Gasteiger charge is 2.26. The minimum atomic E-state index is -0.257. The maximum absolute atomic E-state index is 12.4. The number of amides is 1. The summed E-state index contributed by atoms with van der Waals surface area (Å²) >= 11 is 1.62. The highest BCUT2D eigenvalue weighted by atomic mass is 32.2. The summed E-state index contributed by atoms with van der Waals surface area (Å²) in [5, 5.41) is 19.0. The molecular weight excluding hydrogens is 384 g/mol. The van der Waals surface area contributed by atoms with E-state index in [0.717, 1.165) is 37.0 Å². The van der Waals surface area contributed by atoms with Crippen LogP contribution in [0.25, 0.3) is 10.9 Å². The zero-order chi connectivity index (χ0) is 20.6. The molecule has 0 spiro atoms. The molecule has 4 rings (SSSR count). The van der Waals surface area contributed by atoms with Crippen molar-refractivity contribution in [2.75, 3.05) is 13.2 Å². The molecule has 29 heavy (non-hydrogen) atoms. The Hall–Kier alpha value is -1.96. The van der Waals surface area contributed by atoms with Gasteiger partial charge in [-0.2, -0.15) is 0 Å². The number of carbonyl (C=O) groups is 1. The van der Waals surface area contributed by atoms with Gasteiger partial charge in [0.2, 0.25) is 0 Å². The van der Waals surface area contributed by atoms with Crippen LogP contribution in [-0.4, -0.2) is 45.6 Å². The van der Waals surface area contributed by atoms with Crippen molar-refractivity contribution in [1.82, 2.24) is 20.5 Å². The highest BCUT2D eigenvalue weighted by molar-refractivity contribution is 8.02. The molecule has 1 unspecified atom stereocenters. The van der Waals surface area contributed by atoms with Crippen LogP contribution >= 0.6 is 11.8 Å². The molecule has 0 radical (unpaired) electrons. The number of fused-ring (bicyclic) bond motifs is 1. The van der Waals surface area contributed by atoms with Crippen LogP contribution in [0.3, 0.4) is 0 Å². The fourth-order valence-electron chi connectivity index (χ4n) is 4.02. The third kappa shape index (κ3) is 4.63. The minimum absolute atomic E-state index is 0.0378. The molecule has 6 nitrogen and oxygen atoms in total. The molecule has 2 aromatic rings. The molecule has 4 N–H and O–H groups in total. The van der Waals surface area contributed by atoms with Crippen molar-refractivity contribution in [3.63, 3.8) is 0 Å². The fourth-order valence-corrected chi connectivity index (χ4v) is 4.97. The summed E-state index contributed by atoms with van der Waals surface area (Å²) in [6.45, 7) is 8.05. The molecule has 0 aliphatic carbocycles. The normalized spacial score (nSPS) is 22.7. The Kier molecular flexibility index (Phi) is 5.64. The van der Waals surface area contributed by atoms with Crippen molar-refractivity contribution in [3.05, 3.63) is 46.6 Å². The zero-order valence-electron chi connectivity index (χ0n) is 17.3. The SMILES string of the molecule is CC(C)(C)NC(=O)C1=CSC(c2ccc3[nH]c(CN4CCC[C@@H]4CO)cc3c2)N1. The molecule has 1 saturated heterocycles. The number of thioether (sulfide) groups is 1. The summed E-state index contributed by atoms with van der Waals surface area (Å²) in [6, 6.07) is 8.88. The van der Waals surface area contributed by atoms with Crippen LogP contribution in [-0.2, 0) is 11.3 Å². The van der Waals surface area contributed by atoms with Gasteiger partial charge in [0.05, 0.1) is 6.61 Å². The number of H-pyrrole nitrogens is 1. The van der Waals surface area contributed by atoms with Crippen LogP contribution in [0.2, 0.25) is 0 Å². The van der Waals surface area contributed by atoms with Crippen molar-refractivity contribution in [2.24, 2.45) is 0 Å². The van der Waals surface area contributed by atoms with Crippen LogP contribution in [0.5, 0.6) is 0 Å². The van der Waals surface area contributed by atoms with Gasteiger partial charge in [-0.25, -0.2) is 0 Å². The lowest BCUT2D eigenvalue weighted by Gasteiger charge is -2.21. The van der Waals surface area contributed by atoms with Crippen LogP contribution in [0.4, 0.5) is 0 Å². The van der Waals surface area contributed by atoms with E-state index in [9.17, 15) is 9.90 Å². The van der Waals surface area contributed by atoms with Gasteiger partial charge in [-0.1, -0.05) is 6.07 Å². The maximum Gasteiger partial charge on any atom is 0.268 e. The van der Waals surface area contributed by atoms with Gasteiger partial charge in [-0.3, -0.25) is 9.69 Å². The van der Waals surface area contributed by atoms with Crippen LogP contribution in [0.15, 0.2) is 35.4 Å². The van der Waals surface area contributed by atoms with Crippen molar-refractivity contribution in [1.29, 1.82) is 0 Å². The maximum atomic E-state index is 12.4. The average Bonchev–Trinajstić information content (AvgIpc) is 3.38. The molecule has 3 heterocycles. The number of benzene rings is 1. The Morgan fingerprint density at radius 2 is 2.17 bits per heavy atom. The van der Waals surface area contributed by atoms with Gasteiger partial charge in [0.15, 0.2) is 0 Å². The van der Waals surface area contributed by atoms with Gasteiger partial charge in [-0.15, -0.1) is 11.8 Å². The van der Waals surface area contributed by atoms with Crippen molar-refractivity contribution in [2.45, 2.75) is 57.1 Å².